The molecule has 1 aliphatic rings. The van der Waals surface area contributed by atoms with Gasteiger partial charge in [0.05, 0.1) is 11.9 Å². The third kappa shape index (κ3) is 5.15. The number of carbonyl (C=O) groups is 2. The number of nitrogens with one attached hydrogen (secondary N) is 1. The summed E-state index contributed by atoms with van der Waals surface area (Å²) >= 11 is 6.16. The number of aromatic nitrogens is 5. The largest absolute Gasteiger partial charge is 0.434 e. The van der Waals surface area contributed by atoms with E-state index >= 15 is 0 Å². The topological polar surface area (TPSA) is 110 Å². The van der Waals surface area contributed by atoms with E-state index in [1.807, 2.05) is 19.0 Å². The van der Waals surface area contributed by atoms with Gasteiger partial charge >= 0.3 is 6.61 Å². The Hall–Kier alpha value is -4.10. The number of nitrogens with zero attached hydrogens (tertiary/aromatic N) is 7. The molecule has 1 N–H and O–H groups in total. The van der Waals surface area contributed by atoms with Crippen LogP contribution in [0.5, 0.6) is 5.75 Å². The highest BCUT2D eigenvalue weighted by molar-refractivity contribution is 6.31. The molecule has 2 amide bonds. The van der Waals surface area contributed by atoms with Gasteiger partial charge in [0, 0.05) is 48.3 Å². The number of rotatable bonds is 8. The first-order valence-electron chi connectivity index (χ1n) is 11.6. The van der Waals surface area contributed by atoms with Crippen LogP contribution >= 0.6 is 11.6 Å². The molecule has 14 heteroatoms. The Morgan fingerprint density at radius 2 is 2.08 bits per heavy atom. The summed E-state index contributed by atoms with van der Waals surface area (Å²) in [7, 11) is 3.90. The number of carbonyl (C=O) groups excluding carboxylic acids is 2. The minimum Gasteiger partial charge on any atom is -0.434 e. The van der Waals surface area contributed by atoms with Gasteiger partial charge in [-0.1, -0.05) is 11.6 Å². The Balaban J connectivity index is 1.48. The number of likely N-dealkylation sites (tertiary alicyclic amines) is 1. The molecule has 0 atom stereocenters. The standard InChI is InChI=1S/C24H23ClF2N8O3/c1-32(2)15-10-33(11-15)20(36)13-34-12-18(30-23(37)17-9-29-35-7-3-6-28-22(17)35)21(31-34)16-8-14(25)4-5-19(16)38-24(26)27/h3-9,12,15,24H,10-11,13H2,1-2H3,(H,30,37). The van der Waals surface area contributed by atoms with E-state index < -0.39 is 12.5 Å². The third-order valence-electron chi connectivity index (χ3n) is 6.19. The Morgan fingerprint density at radius 3 is 2.82 bits per heavy atom. The average molecular weight is 545 g/mol. The zero-order chi connectivity index (χ0) is 27.0. The number of halogens is 3. The number of fused-ring (bicyclic) bond motifs is 1. The predicted octanol–water partition coefficient (Wildman–Crippen LogP) is 2.87. The summed E-state index contributed by atoms with van der Waals surface area (Å²) in [6.45, 7) is -2.04. The van der Waals surface area contributed by atoms with Crippen LogP contribution in [0.15, 0.2) is 49.1 Å². The van der Waals surface area contributed by atoms with E-state index in [1.165, 1.54) is 46.0 Å². The van der Waals surface area contributed by atoms with Gasteiger partial charge in [-0.15, -0.1) is 0 Å². The van der Waals surface area contributed by atoms with Crippen LogP contribution in [-0.4, -0.2) is 85.8 Å². The van der Waals surface area contributed by atoms with Crippen LogP contribution in [0.1, 0.15) is 10.4 Å². The van der Waals surface area contributed by atoms with Crippen molar-refractivity contribution < 1.29 is 23.1 Å². The molecule has 0 unspecified atom stereocenters. The van der Waals surface area contributed by atoms with Gasteiger partial charge < -0.3 is 19.9 Å². The second kappa shape index (κ2) is 10.3. The number of benzene rings is 1. The summed E-state index contributed by atoms with van der Waals surface area (Å²) in [5.74, 6) is -0.913. The van der Waals surface area contributed by atoms with E-state index in [1.54, 1.807) is 17.2 Å². The fraction of sp³-hybridized carbons (Fsp3) is 0.292. The van der Waals surface area contributed by atoms with Gasteiger partial charge in [0.15, 0.2) is 5.65 Å². The molecular weight excluding hydrogens is 522 g/mol. The van der Waals surface area contributed by atoms with Crippen LogP contribution in [0.2, 0.25) is 5.02 Å². The molecule has 4 heterocycles. The Morgan fingerprint density at radius 1 is 1.29 bits per heavy atom. The second-order valence-corrected chi connectivity index (χ2v) is 9.36. The maximum Gasteiger partial charge on any atom is 0.387 e. The molecule has 1 saturated heterocycles. The Bertz CT molecular complexity index is 1500. The molecule has 0 saturated carbocycles. The van der Waals surface area contributed by atoms with Crippen molar-refractivity contribution >= 4 is 34.7 Å². The second-order valence-electron chi connectivity index (χ2n) is 8.92. The minimum absolute atomic E-state index is 0.100. The molecule has 11 nitrogen and oxygen atoms in total. The lowest BCUT2D eigenvalue weighted by molar-refractivity contribution is -0.138. The van der Waals surface area contributed by atoms with E-state index in [9.17, 15) is 18.4 Å². The van der Waals surface area contributed by atoms with Gasteiger partial charge in [-0.3, -0.25) is 14.3 Å². The summed E-state index contributed by atoms with van der Waals surface area (Å²) < 4.78 is 33.7. The molecule has 3 aromatic heterocycles. The number of ether oxygens (including phenoxy) is 1. The van der Waals surface area contributed by atoms with Crippen LogP contribution in [0.25, 0.3) is 16.9 Å². The number of hydrogen-bond donors (Lipinski definition) is 1. The van der Waals surface area contributed by atoms with E-state index in [0.717, 1.165) is 0 Å². The van der Waals surface area contributed by atoms with Gasteiger partial charge in [-0.2, -0.15) is 19.0 Å². The molecule has 0 bridgehead atoms. The first-order chi connectivity index (χ1) is 18.2. The summed E-state index contributed by atoms with van der Waals surface area (Å²) in [5.41, 5.74) is 0.893. The SMILES string of the molecule is CN(C)C1CN(C(=O)Cn2cc(NC(=O)c3cnn4cccnc34)c(-c3cc(Cl)ccc3OC(F)F)n2)C1. The number of anilines is 1. The highest BCUT2D eigenvalue weighted by Gasteiger charge is 2.32. The monoisotopic (exact) mass is 544 g/mol. The average Bonchev–Trinajstić information content (AvgIpc) is 3.42. The first-order valence-corrected chi connectivity index (χ1v) is 11.9. The van der Waals surface area contributed by atoms with Crippen molar-refractivity contribution in [2.45, 2.75) is 19.2 Å². The molecule has 4 aromatic rings. The van der Waals surface area contributed by atoms with Gasteiger partial charge in [-0.05, 0) is 38.4 Å². The van der Waals surface area contributed by atoms with Gasteiger partial charge in [0.2, 0.25) is 5.91 Å². The minimum atomic E-state index is -3.10. The van der Waals surface area contributed by atoms with Crippen molar-refractivity contribution in [2.75, 3.05) is 32.5 Å². The molecule has 5 rings (SSSR count). The maximum absolute atomic E-state index is 13.2. The Kier molecular flexibility index (Phi) is 6.95. The lowest BCUT2D eigenvalue weighted by atomic mass is 10.1. The van der Waals surface area contributed by atoms with Crippen molar-refractivity contribution in [2.24, 2.45) is 0 Å². The van der Waals surface area contributed by atoms with E-state index in [4.69, 9.17) is 11.6 Å². The summed E-state index contributed by atoms with van der Waals surface area (Å²) in [6.07, 6.45) is 5.99. The maximum atomic E-state index is 13.2. The molecule has 0 spiro atoms. The van der Waals surface area contributed by atoms with Crippen molar-refractivity contribution in [3.05, 3.63) is 59.6 Å². The van der Waals surface area contributed by atoms with Crippen LogP contribution in [0, 0.1) is 0 Å². The normalized spacial score (nSPS) is 13.8. The number of amides is 2. The van der Waals surface area contributed by atoms with E-state index in [0.29, 0.717) is 18.7 Å². The Labute approximate surface area is 220 Å². The number of hydrogen-bond acceptors (Lipinski definition) is 7. The lowest BCUT2D eigenvalue weighted by Crippen LogP contribution is -2.59. The van der Waals surface area contributed by atoms with Crippen LogP contribution in [0.4, 0.5) is 14.5 Å². The molecular formula is C24H23ClF2N8O3. The van der Waals surface area contributed by atoms with E-state index in [-0.39, 0.29) is 51.8 Å². The molecule has 1 aliphatic heterocycles. The summed E-state index contributed by atoms with van der Waals surface area (Å²) in [5, 5.41) is 11.5. The first kappa shape index (κ1) is 25.5. The highest BCUT2D eigenvalue weighted by Crippen LogP contribution is 2.37. The summed E-state index contributed by atoms with van der Waals surface area (Å²) in [6, 6.07) is 6.04. The van der Waals surface area contributed by atoms with Crippen molar-refractivity contribution in [3.63, 3.8) is 0 Å². The van der Waals surface area contributed by atoms with Gasteiger partial charge in [-0.25, -0.2) is 9.50 Å². The van der Waals surface area contributed by atoms with Crippen molar-refractivity contribution in [1.82, 2.24) is 34.2 Å². The zero-order valence-electron chi connectivity index (χ0n) is 20.4. The zero-order valence-corrected chi connectivity index (χ0v) is 21.1. The van der Waals surface area contributed by atoms with E-state index in [2.05, 4.69) is 25.2 Å². The smallest absolute Gasteiger partial charge is 0.387 e. The molecule has 198 valence electrons. The molecule has 1 fully saturated rings. The molecule has 38 heavy (non-hydrogen) atoms. The van der Waals surface area contributed by atoms with Crippen LogP contribution in [-0.2, 0) is 11.3 Å². The molecule has 1 aromatic carbocycles. The number of alkyl halides is 2. The van der Waals surface area contributed by atoms with Crippen LogP contribution < -0.4 is 10.1 Å². The predicted molar refractivity (Wildman–Crippen MR) is 134 cm³/mol. The van der Waals surface area contributed by atoms with Crippen molar-refractivity contribution in [1.29, 1.82) is 0 Å². The lowest BCUT2D eigenvalue weighted by Gasteiger charge is -2.42. The fourth-order valence-electron chi connectivity index (χ4n) is 4.08. The van der Waals surface area contributed by atoms with Crippen molar-refractivity contribution in [3.8, 4) is 17.0 Å². The van der Waals surface area contributed by atoms with Gasteiger partial charge in [0.25, 0.3) is 5.91 Å². The number of likely N-dealkylation sites (N-methyl/N-ethyl adjacent to an activating group) is 1. The highest BCUT2D eigenvalue weighted by atomic mass is 35.5. The van der Waals surface area contributed by atoms with Gasteiger partial charge in [0.1, 0.15) is 23.6 Å². The van der Waals surface area contributed by atoms with Crippen LogP contribution in [0.3, 0.4) is 0 Å². The molecule has 0 radical (unpaired) electrons. The quantitative estimate of drug-likeness (QED) is 0.363. The fourth-order valence-corrected chi connectivity index (χ4v) is 4.25. The third-order valence-corrected chi connectivity index (χ3v) is 6.42. The summed E-state index contributed by atoms with van der Waals surface area (Å²) in [4.78, 5) is 34.0. The molecule has 0 aliphatic carbocycles.